The molecule has 3 aromatic carbocycles. The maximum atomic E-state index is 14.6. The van der Waals surface area contributed by atoms with E-state index in [2.05, 4.69) is 57.3 Å². The fourth-order valence-corrected chi connectivity index (χ4v) is 7.70. The number of aryl methyl sites for hydroxylation is 2. The van der Waals surface area contributed by atoms with Crippen molar-refractivity contribution >= 4 is 29.5 Å². The molecule has 0 radical (unpaired) electrons. The minimum absolute atomic E-state index is 0.00117. The lowest BCUT2D eigenvalue weighted by Crippen LogP contribution is -2.56. The van der Waals surface area contributed by atoms with E-state index in [0.717, 1.165) is 16.0 Å². The van der Waals surface area contributed by atoms with Crippen LogP contribution in [0, 0.1) is 25.2 Å². The molecule has 0 saturated carbocycles. The molecule has 4 atom stereocenters. The van der Waals surface area contributed by atoms with Crippen molar-refractivity contribution in [2.75, 3.05) is 33.2 Å². The lowest BCUT2D eigenvalue weighted by atomic mass is 9.86. The van der Waals surface area contributed by atoms with E-state index < -0.39 is 53.7 Å². The van der Waals surface area contributed by atoms with Crippen LogP contribution in [0.4, 0.5) is 0 Å². The van der Waals surface area contributed by atoms with Crippen molar-refractivity contribution in [1.29, 1.82) is 5.26 Å². The van der Waals surface area contributed by atoms with Gasteiger partial charge in [-0.3, -0.25) is 24.0 Å². The summed E-state index contributed by atoms with van der Waals surface area (Å²) in [4.78, 5) is 80.6. The molecule has 0 spiro atoms. The Morgan fingerprint density at radius 2 is 1.67 bits per heavy atom. The predicted molar refractivity (Wildman–Crippen MR) is 239 cm³/mol. The molecule has 1 aromatic heterocycles. The van der Waals surface area contributed by atoms with Gasteiger partial charge in [-0.1, -0.05) is 57.2 Å². The zero-order valence-corrected chi connectivity index (χ0v) is 37.2. The second-order valence-corrected chi connectivity index (χ2v) is 17.3. The lowest BCUT2D eigenvalue weighted by molar-refractivity contribution is -0.141. The number of hydrogen-bond donors (Lipinski definition) is 7. The molecule has 336 valence electrons. The fourth-order valence-electron chi connectivity index (χ4n) is 7.70. The highest BCUT2D eigenvalue weighted by Gasteiger charge is 2.36. The van der Waals surface area contributed by atoms with Gasteiger partial charge in [-0.05, 0) is 80.1 Å². The maximum Gasteiger partial charge on any atom is 0.255 e. The van der Waals surface area contributed by atoms with Crippen LogP contribution in [-0.2, 0) is 31.0 Å². The Morgan fingerprint density at radius 1 is 0.984 bits per heavy atom. The number of aromatic nitrogens is 2. The third-order valence-electron chi connectivity index (χ3n) is 11.4. The number of nitrogens with zero attached hydrogens (tertiary/aromatic N) is 4. The molecule has 2 aliphatic rings. The standard InChI is InChI=1S/C47H56N10O7/c1-25-39(26(2)53-41(52-25)29-9-12-31(13-10-29)47(4,5)6)44(61)55-35(16-17-48)46(63)57(7)40-30-11-14-37(58)33(22-30)34-20-28(8-15-38(34)64-32-23-50-24-32)21-36(43(60)51-19-18-49)56-42(59)27(3)54-45(40)62/h8-15,20,22,27,32,35-36,40,50,58H,16-17,19,21,23-24,48H2,1-7H3,(H,51,60)(H,54,62)(H,55,61)(H,56,59)/t27-,35?,36-,40-/m0/s1. The van der Waals surface area contributed by atoms with Gasteiger partial charge in [-0.15, -0.1) is 0 Å². The number of phenols is 1. The summed E-state index contributed by atoms with van der Waals surface area (Å²) >= 11 is 0. The van der Waals surface area contributed by atoms with Crippen LogP contribution in [0.15, 0.2) is 60.7 Å². The van der Waals surface area contributed by atoms with Gasteiger partial charge in [0, 0.05) is 43.2 Å². The summed E-state index contributed by atoms with van der Waals surface area (Å²) in [5.74, 6) is -2.67. The van der Waals surface area contributed by atoms with Crippen molar-refractivity contribution in [3.63, 3.8) is 0 Å². The molecule has 1 fully saturated rings. The first-order valence-corrected chi connectivity index (χ1v) is 21.2. The van der Waals surface area contributed by atoms with Gasteiger partial charge in [-0.25, -0.2) is 9.97 Å². The number of fused-ring (bicyclic) bond motifs is 5. The molecule has 64 heavy (non-hydrogen) atoms. The number of hydrogen-bond acceptors (Lipinski definition) is 12. The highest BCUT2D eigenvalue weighted by molar-refractivity contribution is 6.00. The molecule has 1 unspecified atom stereocenters. The number of carbonyl (C=O) groups excluding carboxylic acids is 5. The lowest BCUT2D eigenvalue weighted by Gasteiger charge is -2.33. The molecule has 2 aliphatic heterocycles. The topological polar surface area (TPSA) is 254 Å². The van der Waals surface area contributed by atoms with Crippen LogP contribution in [0.1, 0.15) is 78.6 Å². The molecule has 4 bridgehead atoms. The first kappa shape index (κ1) is 46.6. The van der Waals surface area contributed by atoms with E-state index in [1.807, 2.05) is 30.3 Å². The van der Waals surface area contributed by atoms with E-state index in [1.54, 1.807) is 38.1 Å². The number of aromatic hydroxyl groups is 1. The highest BCUT2D eigenvalue weighted by Crippen LogP contribution is 2.40. The third kappa shape index (κ3) is 10.5. The average molecular weight is 873 g/mol. The molecule has 3 heterocycles. The van der Waals surface area contributed by atoms with E-state index in [1.165, 1.54) is 26.1 Å². The Morgan fingerprint density at radius 3 is 2.28 bits per heavy atom. The zero-order chi connectivity index (χ0) is 46.5. The smallest absolute Gasteiger partial charge is 0.255 e. The van der Waals surface area contributed by atoms with Gasteiger partial charge in [-0.2, -0.15) is 5.26 Å². The highest BCUT2D eigenvalue weighted by atomic mass is 16.5. The monoisotopic (exact) mass is 872 g/mol. The van der Waals surface area contributed by atoms with Crippen LogP contribution in [0.25, 0.3) is 22.5 Å². The van der Waals surface area contributed by atoms with Crippen molar-refractivity contribution in [3.05, 3.63) is 94.3 Å². The van der Waals surface area contributed by atoms with E-state index in [9.17, 15) is 29.1 Å². The molecule has 5 amide bonds. The second kappa shape index (κ2) is 19.7. The Bertz CT molecular complexity index is 2450. The maximum absolute atomic E-state index is 14.6. The summed E-state index contributed by atoms with van der Waals surface area (Å²) in [7, 11) is 1.40. The molecule has 1 saturated heterocycles. The minimum atomic E-state index is -1.42. The molecule has 4 aromatic rings. The Balaban J connectivity index is 1.35. The number of nitrogens with two attached hydrogens (primary N) is 1. The van der Waals surface area contributed by atoms with Crippen molar-refractivity contribution < 1.29 is 33.8 Å². The summed E-state index contributed by atoms with van der Waals surface area (Å²) in [6, 6.07) is 14.4. The van der Waals surface area contributed by atoms with Gasteiger partial charge in [0.25, 0.3) is 5.91 Å². The number of nitriles is 1. The van der Waals surface area contributed by atoms with Crippen LogP contribution in [0.5, 0.6) is 11.5 Å². The number of carbonyl (C=O) groups is 5. The number of nitrogens with one attached hydrogen (secondary N) is 5. The molecular formula is C47H56N10O7. The van der Waals surface area contributed by atoms with Crippen molar-refractivity contribution in [1.82, 2.24) is 41.5 Å². The quantitative estimate of drug-likeness (QED) is 0.108. The van der Waals surface area contributed by atoms with Crippen LogP contribution in [0.2, 0.25) is 0 Å². The van der Waals surface area contributed by atoms with E-state index in [0.29, 0.717) is 47.2 Å². The predicted octanol–water partition coefficient (Wildman–Crippen LogP) is 2.61. The summed E-state index contributed by atoms with van der Waals surface area (Å²) < 4.78 is 6.30. The largest absolute Gasteiger partial charge is 0.507 e. The minimum Gasteiger partial charge on any atom is -0.507 e. The Kier molecular flexibility index (Phi) is 14.3. The molecule has 17 heteroatoms. The van der Waals surface area contributed by atoms with Gasteiger partial charge < -0.3 is 47.1 Å². The third-order valence-corrected chi connectivity index (χ3v) is 11.4. The summed E-state index contributed by atoms with van der Waals surface area (Å²) in [6.07, 6.45) is -0.165. The number of benzene rings is 3. The van der Waals surface area contributed by atoms with E-state index in [4.69, 9.17) is 15.7 Å². The molecular weight excluding hydrogens is 817 g/mol. The van der Waals surface area contributed by atoms with E-state index >= 15 is 0 Å². The number of amides is 5. The Hall–Kier alpha value is -6.90. The summed E-state index contributed by atoms with van der Waals surface area (Å²) in [5, 5.41) is 34.4. The van der Waals surface area contributed by atoms with Gasteiger partial charge in [0.15, 0.2) is 5.82 Å². The van der Waals surface area contributed by atoms with Crippen LogP contribution in [-0.4, -0.2) is 107 Å². The van der Waals surface area contributed by atoms with Crippen LogP contribution >= 0.6 is 0 Å². The van der Waals surface area contributed by atoms with Gasteiger partial charge in [0.1, 0.15) is 48.3 Å². The van der Waals surface area contributed by atoms with Crippen LogP contribution < -0.4 is 37.1 Å². The van der Waals surface area contributed by atoms with Crippen molar-refractivity contribution in [3.8, 4) is 40.1 Å². The van der Waals surface area contributed by atoms with E-state index in [-0.39, 0.29) is 59.9 Å². The van der Waals surface area contributed by atoms with Crippen LogP contribution in [0.3, 0.4) is 0 Å². The first-order valence-electron chi connectivity index (χ1n) is 21.2. The number of phenolic OH excluding ortho intramolecular Hbond substituents is 1. The van der Waals surface area contributed by atoms with Gasteiger partial charge in [0.05, 0.1) is 23.0 Å². The first-order chi connectivity index (χ1) is 30.4. The van der Waals surface area contributed by atoms with Crippen molar-refractivity contribution in [2.45, 2.75) is 90.1 Å². The average Bonchev–Trinajstić information content (AvgIpc) is 3.23. The van der Waals surface area contributed by atoms with Gasteiger partial charge in [0.2, 0.25) is 23.6 Å². The zero-order valence-electron chi connectivity index (χ0n) is 37.2. The normalized spacial score (nSPS) is 18.2. The second-order valence-electron chi connectivity index (χ2n) is 17.3. The SMILES string of the molecule is Cc1nc(-c2ccc(C(C)(C)C)cc2)nc(C)c1C(=O)NC(CCN)C(=O)N(C)[C@@H]1C(=O)N[C@@H](C)C(=O)N[C@H](C(=O)NCC#N)Cc2ccc(OC3CNC3)c(c2)-c2cc1ccc2O. The summed E-state index contributed by atoms with van der Waals surface area (Å²) in [6.45, 7) is 12.1. The fraction of sp³-hybridized carbons (Fsp3) is 0.404. The number of ether oxygens (including phenoxy) is 1. The molecule has 8 N–H and O–H groups in total. The molecule has 17 nitrogen and oxygen atoms in total. The molecule has 6 rings (SSSR count). The number of likely N-dealkylation sites (N-methyl/N-ethyl adjacent to an activating group) is 1. The Labute approximate surface area is 372 Å². The van der Waals surface area contributed by atoms with Crippen molar-refractivity contribution in [2.24, 2.45) is 5.73 Å². The molecule has 0 aliphatic carbocycles. The summed E-state index contributed by atoms with van der Waals surface area (Å²) in [5.41, 5.74) is 10.4. The number of rotatable bonds is 11. The van der Waals surface area contributed by atoms with Gasteiger partial charge >= 0.3 is 0 Å².